The summed E-state index contributed by atoms with van der Waals surface area (Å²) in [6.07, 6.45) is 0. The van der Waals surface area contributed by atoms with Gasteiger partial charge in [0.25, 0.3) is 0 Å². The largest absolute Gasteiger partial charge is 0.382 e. The van der Waals surface area contributed by atoms with Crippen molar-refractivity contribution >= 4 is 23.3 Å². The molecule has 7 N–H and O–H groups in total. The van der Waals surface area contributed by atoms with Crippen molar-refractivity contribution in [2.75, 3.05) is 73.9 Å². The summed E-state index contributed by atoms with van der Waals surface area (Å²) in [5.41, 5.74) is 15.5. The molecule has 0 bridgehead atoms. The number of hydrogen-bond acceptors (Lipinski definition) is 10. The van der Waals surface area contributed by atoms with Gasteiger partial charge in [-0.15, -0.1) is 0 Å². The van der Waals surface area contributed by atoms with Crippen LogP contribution in [-0.4, -0.2) is 83.0 Å². The Morgan fingerprint density at radius 3 is 1.87 bits per heavy atom. The summed E-state index contributed by atoms with van der Waals surface area (Å²) < 4.78 is 10.7. The van der Waals surface area contributed by atoms with E-state index in [-0.39, 0.29) is 5.56 Å². The molecule has 13 nitrogen and oxygen atoms in total. The van der Waals surface area contributed by atoms with Crippen molar-refractivity contribution in [1.82, 2.24) is 30.4 Å². The fourth-order valence-corrected chi connectivity index (χ4v) is 4.39. The average Bonchev–Trinajstić information content (AvgIpc) is 3.58. The molecule has 13 heteroatoms. The van der Waals surface area contributed by atoms with Crippen LogP contribution in [0.2, 0.25) is 0 Å². The van der Waals surface area contributed by atoms with Crippen LogP contribution in [0, 0.1) is 6.92 Å². The first kappa shape index (κ1) is 25.3. The van der Waals surface area contributed by atoms with Crippen LogP contribution in [0.4, 0.5) is 23.3 Å². The molecule has 2 aliphatic rings. The number of rotatable bonds is 4. The summed E-state index contributed by atoms with van der Waals surface area (Å²) in [7, 11) is 0. The molecular weight excluding hydrogens is 488 g/mol. The molecule has 0 unspecified atom stereocenters. The Morgan fingerprint density at radius 1 is 0.763 bits per heavy atom. The molecule has 0 aliphatic carbocycles. The van der Waals surface area contributed by atoms with E-state index in [1.54, 1.807) is 6.07 Å². The van der Waals surface area contributed by atoms with E-state index >= 15 is 0 Å². The normalized spacial score (nSPS) is 15.7. The first-order valence-electron chi connectivity index (χ1n) is 12.5. The van der Waals surface area contributed by atoms with Crippen LogP contribution < -0.4 is 26.8 Å². The van der Waals surface area contributed by atoms with Gasteiger partial charge in [-0.2, -0.15) is 10.2 Å². The minimum Gasteiger partial charge on any atom is -0.382 e. The van der Waals surface area contributed by atoms with Crippen LogP contribution in [-0.2, 0) is 9.47 Å². The SMILES string of the molecule is Cc1cc(-c2cc(N)n[nH]2)cc(N2CCOCC2)n1.Nc1cc(-c2cc(N3CCOCC3)[nH]c(=O)c2)[nH]n1. The van der Waals surface area contributed by atoms with Crippen molar-refractivity contribution in [1.29, 1.82) is 0 Å². The summed E-state index contributed by atoms with van der Waals surface area (Å²) in [4.78, 5) is 23.5. The Balaban J connectivity index is 0.000000155. The van der Waals surface area contributed by atoms with Gasteiger partial charge >= 0.3 is 0 Å². The van der Waals surface area contributed by atoms with Gasteiger partial charge in [0.05, 0.1) is 37.8 Å². The topological polar surface area (TPSA) is 180 Å². The highest BCUT2D eigenvalue weighted by Gasteiger charge is 2.15. The van der Waals surface area contributed by atoms with Gasteiger partial charge in [-0.3, -0.25) is 15.0 Å². The van der Waals surface area contributed by atoms with Gasteiger partial charge in [0.15, 0.2) is 0 Å². The first-order chi connectivity index (χ1) is 18.4. The maximum absolute atomic E-state index is 11.8. The van der Waals surface area contributed by atoms with Crippen molar-refractivity contribution in [2.24, 2.45) is 0 Å². The number of H-pyrrole nitrogens is 3. The fraction of sp³-hybridized carbons (Fsp3) is 0.360. The van der Waals surface area contributed by atoms with Crippen molar-refractivity contribution in [3.63, 3.8) is 0 Å². The van der Waals surface area contributed by atoms with E-state index < -0.39 is 0 Å². The maximum Gasteiger partial charge on any atom is 0.250 e. The van der Waals surface area contributed by atoms with Gasteiger partial charge in [0.2, 0.25) is 5.56 Å². The van der Waals surface area contributed by atoms with E-state index in [9.17, 15) is 4.79 Å². The molecule has 0 radical (unpaired) electrons. The number of nitrogens with one attached hydrogen (secondary N) is 3. The van der Waals surface area contributed by atoms with E-state index in [1.807, 2.05) is 25.1 Å². The molecule has 4 aromatic heterocycles. The molecule has 0 spiro atoms. The molecule has 0 saturated carbocycles. The lowest BCUT2D eigenvalue weighted by Crippen LogP contribution is -2.37. The van der Waals surface area contributed by atoms with Gasteiger partial charge in [0, 0.05) is 61.2 Å². The van der Waals surface area contributed by atoms with Crippen molar-refractivity contribution < 1.29 is 9.47 Å². The number of hydrogen-bond donors (Lipinski definition) is 5. The average molecular weight is 521 g/mol. The van der Waals surface area contributed by atoms with E-state index in [0.29, 0.717) is 24.8 Å². The van der Waals surface area contributed by atoms with Gasteiger partial charge < -0.3 is 35.7 Å². The number of aromatic amines is 3. The lowest BCUT2D eigenvalue weighted by Gasteiger charge is -2.28. The summed E-state index contributed by atoms with van der Waals surface area (Å²) in [6, 6.07) is 11.1. The Labute approximate surface area is 219 Å². The highest BCUT2D eigenvalue weighted by atomic mass is 16.5. The Kier molecular flexibility index (Phi) is 7.56. The van der Waals surface area contributed by atoms with Crippen LogP contribution in [0.25, 0.3) is 22.5 Å². The van der Waals surface area contributed by atoms with Gasteiger partial charge in [-0.05, 0) is 25.1 Å². The molecule has 2 aliphatic heterocycles. The lowest BCUT2D eigenvalue weighted by molar-refractivity contribution is 0.122. The zero-order valence-electron chi connectivity index (χ0n) is 21.2. The molecule has 0 atom stereocenters. The predicted octanol–water partition coefficient (Wildman–Crippen LogP) is 1.38. The molecule has 2 fully saturated rings. The molecule has 0 aromatic carbocycles. The molecule has 38 heavy (non-hydrogen) atoms. The number of morpholine rings is 2. The van der Waals surface area contributed by atoms with E-state index in [2.05, 4.69) is 46.2 Å². The molecule has 6 rings (SSSR count). The number of aromatic nitrogens is 6. The summed E-state index contributed by atoms with van der Waals surface area (Å²) in [5.74, 6) is 2.67. The Bertz CT molecular complexity index is 1420. The third kappa shape index (κ3) is 6.12. The van der Waals surface area contributed by atoms with Crippen LogP contribution in [0.15, 0.2) is 41.2 Å². The van der Waals surface area contributed by atoms with E-state index in [4.69, 9.17) is 20.9 Å². The maximum atomic E-state index is 11.8. The molecule has 0 amide bonds. The third-order valence-corrected chi connectivity index (χ3v) is 6.27. The zero-order valence-corrected chi connectivity index (χ0v) is 21.2. The van der Waals surface area contributed by atoms with Gasteiger partial charge in [0.1, 0.15) is 23.3 Å². The van der Waals surface area contributed by atoms with Crippen LogP contribution in [0.5, 0.6) is 0 Å². The highest BCUT2D eigenvalue weighted by molar-refractivity contribution is 5.67. The van der Waals surface area contributed by atoms with Crippen LogP contribution in [0.3, 0.4) is 0 Å². The molecule has 4 aromatic rings. The minimum absolute atomic E-state index is 0.146. The van der Waals surface area contributed by atoms with Crippen LogP contribution in [0.1, 0.15) is 5.69 Å². The quantitative estimate of drug-likeness (QED) is 0.264. The predicted molar refractivity (Wildman–Crippen MR) is 146 cm³/mol. The summed E-state index contributed by atoms with van der Waals surface area (Å²) in [6.45, 7) is 8.13. The smallest absolute Gasteiger partial charge is 0.250 e. The highest BCUT2D eigenvalue weighted by Crippen LogP contribution is 2.25. The monoisotopic (exact) mass is 520 g/mol. The number of nitrogens with zero attached hydrogens (tertiary/aromatic N) is 5. The fourth-order valence-electron chi connectivity index (χ4n) is 4.39. The molecule has 6 heterocycles. The number of pyridine rings is 2. The number of aryl methyl sites for hydroxylation is 1. The molecule has 2 saturated heterocycles. The minimum atomic E-state index is -0.146. The summed E-state index contributed by atoms with van der Waals surface area (Å²) in [5, 5.41) is 13.6. The Hall–Kier alpha value is -4.36. The molecular formula is C25H32N10O3. The number of nitrogen functional groups attached to an aromatic ring is 2. The second kappa shape index (κ2) is 11.4. The van der Waals surface area contributed by atoms with Gasteiger partial charge in [-0.25, -0.2) is 4.98 Å². The molecule has 200 valence electrons. The van der Waals surface area contributed by atoms with E-state index in [1.165, 1.54) is 6.07 Å². The third-order valence-electron chi connectivity index (χ3n) is 6.27. The zero-order chi connectivity index (χ0) is 26.5. The summed E-state index contributed by atoms with van der Waals surface area (Å²) >= 11 is 0. The van der Waals surface area contributed by atoms with Crippen molar-refractivity contribution in [2.45, 2.75) is 6.92 Å². The Morgan fingerprint density at radius 2 is 1.32 bits per heavy atom. The first-order valence-corrected chi connectivity index (χ1v) is 12.5. The lowest BCUT2D eigenvalue weighted by atomic mass is 10.1. The van der Waals surface area contributed by atoms with Crippen molar-refractivity contribution in [3.8, 4) is 22.5 Å². The standard InChI is InChI=1S/C13H17N5O.C12H15N5O2/c1-9-6-10(11-8-12(14)17-16-11)7-13(15-9)18-2-4-19-5-3-18;13-10-7-9(15-16-10)8-5-11(14-12(18)6-8)17-1-3-19-4-2-17/h6-8H,2-5H2,1H3,(H3,14,16,17);5-7H,1-4H2,(H,14,18)(H3,13,15,16). The van der Waals surface area contributed by atoms with E-state index in [0.717, 1.165) is 79.2 Å². The van der Waals surface area contributed by atoms with Crippen LogP contribution >= 0.6 is 0 Å². The van der Waals surface area contributed by atoms with Gasteiger partial charge in [-0.1, -0.05) is 0 Å². The van der Waals surface area contributed by atoms with Crippen molar-refractivity contribution in [3.05, 3.63) is 52.4 Å². The number of ether oxygens (including phenoxy) is 2. The number of anilines is 4. The number of nitrogens with two attached hydrogens (primary N) is 2. The second-order valence-corrected chi connectivity index (χ2v) is 9.09. The second-order valence-electron chi connectivity index (χ2n) is 9.09.